The number of carbonyl (C=O) groups is 1. The molecule has 38 heavy (non-hydrogen) atoms. The van der Waals surface area contributed by atoms with Crippen LogP contribution < -0.4 is 11.5 Å². The van der Waals surface area contributed by atoms with Crippen molar-refractivity contribution < 1.29 is 27.5 Å². The number of hydrogen-bond donors (Lipinski definition) is 3. The number of β-amino-alcohol motifs (C(OH)–C–C–N with tert-alkyl or cyclic N) is 1. The van der Waals surface area contributed by atoms with E-state index in [4.69, 9.17) is 16.6 Å². The van der Waals surface area contributed by atoms with E-state index in [0.29, 0.717) is 62.8 Å². The predicted molar refractivity (Wildman–Crippen MR) is 137 cm³/mol. The molecule has 5 N–H and O–H groups in total. The molecule has 2 atom stereocenters. The summed E-state index contributed by atoms with van der Waals surface area (Å²) in [4.78, 5) is 21.1. The molecule has 2 amide bonds. The third kappa shape index (κ3) is 6.13. The van der Waals surface area contributed by atoms with Crippen LogP contribution in [-0.4, -0.2) is 96.2 Å². The smallest absolute Gasteiger partial charge is 0.397 e. The van der Waals surface area contributed by atoms with E-state index in [-0.39, 0.29) is 31.1 Å². The molecule has 2 aromatic carbocycles. The molecule has 0 spiro atoms. The minimum Gasteiger partial charge on any atom is -0.397 e. The molecule has 0 saturated carbocycles. The van der Waals surface area contributed by atoms with Crippen LogP contribution in [0.5, 0.6) is 0 Å². The van der Waals surface area contributed by atoms with E-state index in [1.54, 1.807) is 21.9 Å². The highest BCUT2D eigenvalue weighted by molar-refractivity contribution is 5.75. The molecule has 0 radical (unpaired) electrons. The fourth-order valence-electron chi connectivity index (χ4n) is 5.34. The van der Waals surface area contributed by atoms with Crippen LogP contribution in [0.4, 0.5) is 33.7 Å². The summed E-state index contributed by atoms with van der Waals surface area (Å²) >= 11 is 0. The Morgan fingerprint density at radius 3 is 2.34 bits per heavy atom. The standard InChI is InChI=1S/C26H34F4N6O2/c1-33(14-17-2-4-20(21(27)12-17)26(28,29)30)24-16-36(15-19(24)18-3-5-22(31)23(32)13-18)25(38)35-8-6-34(7-9-35)10-11-37/h2-5,12-13,19,24,37H,6-11,14-16,31-32H2,1H3/t19-,24+/m1/s1. The molecule has 2 heterocycles. The molecule has 0 bridgehead atoms. The quantitative estimate of drug-likeness (QED) is 0.386. The van der Waals surface area contributed by atoms with Gasteiger partial charge >= 0.3 is 12.2 Å². The summed E-state index contributed by atoms with van der Waals surface area (Å²) in [6, 6.07) is 8.06. The van der Waals surface area contributed by atoms with Crippen LogP contribution in [0.3, 0.4) is 0 Å². The zero-order valence-electron chi connectivity index (χ0n) is 21.3. The van der Waals surface area contributed by atoms with Crippen LogP contribution in [0.1, 0.15) is 22.6 Å². The van der Waals surface area contributed by atoms with Gasteiger partial charge in [0.15, 0.2) is 0 Å². The van der Waals surface area contributed by atoms with Gasteiger partial charge < -0.3 is 26.4 Å². The molecule has 2 aliphatic rings. The molecule has 12 heteroatoms. The summed E-state index contributed by atoms with van der Waals surface area (Å²) in [5.41, 5.74) is 12.9. The number of carbonyl (C=O) groups excluding carboxylic acids is 1. The van der Waals surface area contributed by atoms with Gasteiger partial charge in [0.2, 0.25) is 0 Å². The molecule has 2 aliphatic heterocycles. The van der Waals surface area contributed by atoms with Crippen LogP contribution in [0.15, 0.2) is 36.4 Å². The molecule has 0 unspecified atom stereocenters. The highest BCUT2D eigenvalue weighted by Crippen LogP contribution is 2.35. The number of nitrogens with two attached hydrogens (primary N) is 2. The Bertz CT molecular complexity index is 1140. The number of alkyl halides is 3. The lowest BCUT2D eigenvalue weighted by Gasteiger charge is -2.36. The Hall–Kier alpha value is -3.09. The lowest BCUT2D eigenvalue weighted by Crippen LogP contribution is -2.53. The molecule has 4 rings (SSSR count). The summed E-state index contributed by atoms with van der Waals surface area (Å²) in [7, 11) is 1.82. The van der Waals surface area contributed by atoms with Crippen LogP contribution in [0, 0.1) is 5.82 Å². The molecule has 2 aromatic rings. The summed E-state index contributed by atoms with van der Waals surface area (Å²) in [5, 5.41) is 9.17. The number of nitrogen functional groups attached to an aromatic ring is 2. The molecule has 2 saturated heterocycles. The summed E-state index contributed by atoms with van der Waals surface area (Å²) in [6.45, 7) is 4.14. The second-order valence-corrected chi connectivity index (χ2v) is 10.0. The minimum atomic E-state index is -4.76. The Labute approximate surface area is 219 Å². The highest BCUT2D eigenvalue weighted by Gasteiger charge is 2.40. The van der Waals surface area contributed by atoms with Crippen molar-refractivity contribution in [1.29, 1.82) is 0 Å². The maximum atomic E-state index is 14.2. The van der Waals surface area contributed by atoms with Gasteiger partial charge in [0, 0.05) is 64.3 Å². The number of nitrogens with zero attached hydrogens (tertiary/aromatic N) is 4. The molecule has 2 fully saturated rings. The first-order valence-electron chi connectivity index (χ1n) is 12.6. The third-order valence-electron chi connectivity index (χ3n) is 7.49. The normalized spacial score (nSPS) is 20.9. The van der Waals surface area contributed by atoms with Gasteiger partial charge in [-0.15, -0.1) is 0 Å². The Kier molecular flexibility index (Phi) is 8.34. The summed E-state index contributed by atoms with van der Waals surface area (Å²) < 4.78 is 53.2. The largest absolute Gasteiger partial charge is 0.419 e. The first kappa shape index (κ1) is 27.9. The highest BCUT2D eigenvalue weighted by atomic mass is 19.4. The fourth-order valence-corrected chi connectivity index (χ4v) is 5.34. The first-order chi connectivity index (χ1) is 18.0. The van der Waals surface area contributed by atoms with Crippen LogP contribution in [-0.2, 0) is 12.7 Å². The van der Waals surface area contributed by atoms with Gasteiger partial charge in [-0.3, -0.25) is 9.80 Å². The van der Waals surface area contributed by atoms with Crippen molar-refractivity contribution in [3.63, 3.8) is 0 Å². The van der Waals surface area contributed by atoms with Gasteiger partial charge in [0.1, 0.15) is 5.82 Å². The molecular weight excluding hydrogens is 504 g/mol. The van der Waals surface area contributed by atoms with Gasteiger partial charge in [0.05, 0.1) is 23.5 Å². The van der Waals surface area contributed by atoms with E-state index in [1.807, 2.05) is 18.0 Å². The number of piperazine rings is 1. The SMILES string of the molecule is CN(Cc1ccc(C(F)(F)F)c(F)c1)[C@H]1CN(C(=O)N2CCN(CCO)CC2)C[C@@H]1c1ccc(N)c(N)c1. The van der Waals surface area contributed by atoms with E-state index in [9.17, 15) is 22.4 Å². The Morgan fingerprint density at radius 1 is 1.03 bits per heavy atom. The number of aliphatic hydroxyl groups excluding tert-OH is 1. The van der Waals surface area contributed by atoms with Crippen molar-refractivity contribution >= 4 is 17.4 Å². The molecular formula is C26H34F4N6O2. The molecule has 0 aliphatic carbocycles. The van der Waals surface area contributed by atoms with Crippen molar-refractivity contribution in [2.45, 2.75) is 24.7 Å². The van der Waals surface area contributed by atoms with Crippen LogP contribution in [0.25, 0.3) is 0 Å². The Balaban J connectivity index is 1.53. The zero-order valence-corrected chi connectivity index (χ0v) is 21.3. The number of aliphatic hydroxyl groups is 1. The van der Waals surface area contributed by atoms with Crippen LogP contribution >= 0.6 is 0 Å². The number of anilines is 2. The van der Waals surface area contributed by atoms with E-state index in [0.717, 1.165) is 17.7 Å². The second kappa shape index (κ2) is 11.3. The predicted octanol–water partition coefficient (Wildman–Crippen LogP) is 2.64. The van der Waals surface area contributed by atoms with Gasteiger partial charge in [-0.2, -0.15) is 13.2 Å². The maximum absolute atomic E-state index is 14.2. The number of likely N-dealkylation sites (N-methyl/N-ethyl adjacent to an activating group) is 1. The monoisotopic (exact) mass is 538 g/mol. The lowest BCUT2D eigenvalue weighted by molar-refractivity contribution is -0.140. The number of amides is 2. The maximum Gasteiger partial charge on any atom is 0.419 e. The number of urea groups is 1. The molecule has 208 valence electrons. The first-order valence-corrected chi connectivity index (χ1v) is 12.6. The van der Waals surface area contributed by atoms with E-state index in [1.165, 1.54) is 6.07 Å². The summed E-state index contributed by atoms with van der Waals surface area (Å²) in [6.07, 6.45) is -4.76. The van der Waals surface area contributed by atoms with Crippen molar-refractivity contribution in [2.75, 3.05) is 70.9 Å². The number of halogens is 4. The van der Waals surface area contributed by atoms with Crippen molar-refractivity contribution in [2.24, 2.45) is 0 Å². The number of likely N-dealkylation sites (tertiary alicyclic amines) is 1. The Morgan fingerprint density at radius 2 is 1.74 bits per heavy atom. The molecule has 0 aromatic heterocycles. The fraction of sp³-hybridized carbons (Fsp3) is 0.500. The number of hydrogen-bond acceptors (Lipinski definition) is 6. The minimum absolute atomic E-state index is 0.0727. The van der Waals surface area contributed by atoms with Gasteiger partial charge in [-0.1, -0.05) is 12.1 Å². The number of benzene rings is 2. The van der Waals surface area contributed by atoms with E-state index >= 15 is 0 Å². The summed E-state index contributed by atoms with van der Waals surface area (Å²) in [5.74, 6) is -1.45. The van der Waals surface area contributed by atoms with Gasteiger partial charge in [-0.25, -0.2) is 9.18 Å². The topological polar surface area (TPSA) is 102 Å². The van der Waals surface area contributed by atoms with Crippen molar-refractivity contribution in [3.8, 4) is 0 Å². The lowest BCUT2D eigenvalue weighted by atomic mass is 9.92. The average molecular weight is 539 g/mol. The second-order valence-electron chi connectivity index (χ2n) is 10.0. The average Bonchev–Trinajstić information content (AvgIpc) is 3.31. The van der Waals surface area contributed by atoms with E-state index in [2.05, 4.69) is 4.90 Å². The van der Waals surface area contributed by atoms with Gasteiger partial charge in [0.25, 0.3) is 0 Å². The van der Waals surface area contributed by atoms with E-state index < -0.39 is 17.6 Å². The molecule has 8 nitrogen and oxygen atoms in total. The third-order valence-corrected chi connectivity index (χ3v) is 7.49. The van der Waals surface area contributed by atoms with Crippen molar-refractivity contribution in [3.05, 3.63) is 58.9 Å². The van der Waals surface area contributed by atoms with Gasteiger partial charge in [-0.05, 0) is 42.4 Å². The number of rotatable bonds is 6. The van der Waals surface area contributed by atoms with Crippen LogP contribution in [0.2, 0.25) is 0 Å². The van der Waals surface area contributed by atoms with Crippen molar-refractivity contribution in [1.82, 2.24) is 19.6 Å². The zero-order chi connectivity index (χ0) is 27.6.